The molecule has 1 aliphatic heterocycles. The number of rotatable bonds is 7. The fourth-order valence-corrected chi connectivity index (χ4v) is 4.41. The molecule has 1 saturated heterocycles. The van der Waals surface area contributed by atoms with Crippen molar-refractivity contribution >= 4 is 34.3 Å². The molecule has 1 aliphatic rings. The quantitative estimate of drug-likeness (QED) is 0.481. The molecule has 4 rings (SSSR count). The largest absolute Gasteiger partial charge is 0.399 e. The molecule has 1 atom stereocenters. The van der Waals surface area contributed by atoms with Crippen molar-refractivity contribution in [2.75, 3.05) is 42.8 Å². The van der Waals surface area contributed by atoms with Crippen molar-refractivity contribution in [3.63, 3.8) is 0 Å². The number of carbonyl (C=O) groups is 1. The number of ether oxygens (including phenoxy) is 1. The van der Waals surface area contributed by atoms with E-state index in [0.717, 1.165) is 42.2 Å². The van der Waals surface area contributed by atoms with Crippen LogP contribution in [0.5, 0.6) is 0 Å². The van der Waals surface area contributed by atoms with Crippen LogP contribution in [0.25, 0.3) is 10.6 Å². The molecule has 164 valence electrons. The predicted molar refractivity (Wildman–Crippen MR) is 123 cm³/mol. The van der Waals surface area contributed by atoms with Gasteiger partial charge in [0.05, 0.1) is 30.7 Å². The van der Waals surface area contributed by atoms with Crippen LogP contribution in [0.15, 0.2) is 36.0 Å². The van der Waals surface area contributed by atoms with Crippen LogP contribution < -0.4 is 21.7 Å². The number of nitrogens with two attached hydrogens (primary N) is 2. The molecule has 1 aromatic carbocycles. The number of benzene rings is 1. The number of nitrogen functional groups attached to an aromatic ring is 1. The molecule has 5 N–H and O–H groups in total. The first-order chi connectivity index (χ1) is 15.0. The number of aromatic nitrogens is 3. The Balaban J connectivity index is 1.50. The number of piperidine rings is 1. The summed E-state index contributed by atoms with van der Waals surface area (Å²) >= 11 is 1.41. The zero-order chi connectivity index (χ0) is 21.8. The summed E-state index contributed by atoms with van der Waals surface area (Å²) in [6.07, 6.45) is 5.67. The van der Waals surface area contributed by atoms with Gasteiger partial charge in [-0.1, -0.05) is 0 Å². The molecule has 0 bridgehead atoms. The van der Waals surface area contributed by atoms with Gasteiger partial charge in [-0.25, -0.2) is 4.98 Å². The smallest absolute Gasteiger partial charge is 0.275 e. The number of methoxy groups -OCH3 is 1. The maximum atomic E-state index is 12.9. The van der Waals surface area contributed by atoms with Gasteiger partial charge in [-0.2, -0.15) is 5.10 Å². The minimum atomic E-state index is -0.276. The Kier molecular flexibility index (Phi) is 6.50. The SMILES string of the molecule is COCCn1cc(-c2nc(C(=O)Nc3cc(N)ccc3N3CCCC(N)C3)cs2)cn1. The summed E-state index contributed by atoms with van der Waals surface area (Å²) < 4.78 is 6.87. The summed E-state index contributed by atoms with van der Waals surface area (Å²) in [5.74, 6) is -0.276. The Morgan fingerprint density at radius 3 is 3.10 bits per heavy atom. The highest BCUT2D eigenvalue weighted by molar-refractivity contribution is 7.13. The zero-order valence-corrected chi connectivity index (χ0v) is 18.3. The van der Waals surface area contributed by atoms with E-state index in [1.54, 1.807) is 29.4 Å². The lowest BCUT2D eigenvalue weighted by molar-refractivity contribution is 0.102. The Labute approximate surface area is 185 Å². The fraction of sp³-hybridized carbons (Fsp3) is 0.381. The molecule has 3 heterocycles. The Morgan fingerprint density at radius 1 is 1.42 bits per heavy atom. The number of hydrogen-bond acceptors (Lipinski definition) is 8. The van der Waals surface area contributed by atoms with Gasteiger partial charge in [-0.05, 0) is 31.0 Å². The van der Waals surface area contributed by atoms with Crippen molar-refractivity contribution in [3.05, 3.63) is 41.7 Å². The Bertz CT molecular complexity index is 1050. The number of anilines is 3. The van der Waals surface area contributed by atoms with E-state index in [2.05, 4.69) is 20.3 Å². The number of nitrogens with one attached hydrogen (secondary N) is 1. The summed E-state index contributed by atoms with van der Waals surface area (Å²) in [6.45, 7) is 2.89. The van der Waals surface area contributed by atoms with Crippen molar-refractivity contribution < 1.29 is 9.53 Å². The van der Waals surface area contributed by atoms with Gasteiger partial charge in [0.15, 0.2) is 0 Å². The lowest BCUT2D eigenvalue weighted by Gasteiger charge is -2.34. The molecular weight excluding hydrogens is 414 g/mol. The van der Waals surface area contributed by atoms with Crippen LogP contribution in [0, 0.1) is 0 Å². The highest BCUT2D eigenvalue weighted by Gasteiger charge is 2.21. The van der Waals surface area contributed by atoms with Crippen molar-refractivity contribution in [2.24, 2.45) is 5.73 Å². The van der Waals surface area contributed by atoms with Crippen molar-refractivity contribution in [1.29, 1.82) is 0 Å². The number of amides is 1. The van der Waals surface area contributed by atoms with Crippen LogP contribution in [-0.4, -0.2) is 53.5 Å². The van der Waals surface area contributed by atoms with Gasteiger partial charge in [-0.3, -0.25) is 9.48 Å². The second-order valence-electron chi connectivity index (χ2n) is 7.60. The zero-order valence-electron chi connectivity index (χ0n) is 17.5. The monoisotopic (exact) mass is 441 g/mol. The van der Waals surface area contributed by atoms with E-state index < -0.39 is 0 Å². The second kappa shape index (κ2) is 9.46. The minimum Gasteiger partial charge on any atom is -0.399 e. The summed E-state index contributed by atoms with van der Waals surface area (Å²) in [5, 5.41) is 9.78. The standard InChI is InChI=1S/C21H27N7O2S/c1-30-8-7-28-11-14(10-24-28)21-26-18(13-31-21)20(29)25-17-9-15(22)4-5-19(17)27-6-2-3-16(23)12-27/h4-5,9-11,13,16H,2-3,6-8,12,22-23H2,1H3,(H,25,29). The highest BCUT2D eigenvalue weighted by Crippen LogP contribution is 2.31. The van der Waals surface area contributed by atoms with Crippen LogP contribution in [-0.2, 0) is 11.3 Å². The number of thiazole rings is 1. The molecule has 1 fully saturated rings. The summed E-state index contributed by atoms with van der Waals surface area (Å²) in [4.78, 5) is 19.6. The highest BCUT2D eigenvalue weighted by atomic mass is 32.1. The first-order valence-electron chi connectivity index (χ1n) is 10.2. The van der Waals surface area contributed by atoms with E-state index in [0.29, 0.717) is 30.2 Å². The van der Waals surface area contributed by atoms with Crippen LogP contribution in [0.2, 0.25) is 0 Å². The lowest BCUT2D eigenvalue weighted by atomic mass is 10.1. The normalized spacial score (nSPS) is 16.5. The van der Waals surface area contributed by atoms with E-state index in [9.17, 15) is 4.79 Å². The topological polar surface area (TPSA) is 124 Å². The molecule has 0 radical (unpaired) electrons. The summed E-state index contributed by atoms with van der Waals surface area (Å²) in [5.41, 5.74) is 15.5. The van der Waals surface area contributed by atoms with Crippen LogP contribution in [0.4, 0.5) is 17.1 Å². The van der Waals surface area contributed by atoms with Crippen molar-refractivity contribution in [3.8, 4) is 10.6 Å². The Morgan fingerprint density at radius 2 is 2.29 bits per heavy atom. The number of nitrogens with zero attached hydrogens (tertiary/aromatic N) is 4. The van der Waals surface area contributed by atoms with E-state index >= 15 is 0 Å². The molecule has 3 aromatic rings. The molecule has 0 spiro atoms. The van der Waals surface area contributed by atoms with Gasteiger partial charge >= 0.3 is 0 Å². The fourth-order valence-electron chi connectivity index (χ4n) is 3.64. The van der Waals surface area contributed by atoms with Gasteiger partial charge in [0.25, 0.3) is 5.91 Å². The van der Waals surface area contributed by atoms with Crippen molar-refractivity contribution in [1.82, 2.24) is 14.8 Å². The average molecular weight is 442 g/mol. The van der Waals surface area contributed by atoms with Crippen LogP contribution in [0.1, 0.15) is 23.3 Å². The lowest BCUT2D eigenvalue weighted by Crippen LogP contribution is -2.43. The van der Waals surface area contributed by atoms with Crippen molar-refractivity contribution in [2.45, 2.75) is 25.4 Å². The first kappa shape index (κ1) is 21.3. The van der Waals surface area contributed by atoms with Gasteiger partial charge in [0.2, 0.25) is 0 Å². The molecule has 2 aromatic heterocycles. The third-order valence-corrected chi connectivity index (χ3v) is 6.10. The van der Waals surface area contributed by atoms with Gasteiger partial charge in [-0.15, -0.1) is 11.3 Å². The Hall–Kier alpha value is -2.95. The third-order valence-electron chi connectivity index (χ3n) is 5.21. The van der Waals surface area contributed by atoms with Gasteiger partial charge in [0.1, 0.15) is 10.7 Å². The van der Waals surface area contributed by atoms with E-state index in [-0.39, 0.29) is 11.9 Å². The maximum absolute atomic E-state index is 12.9. The predicted octanol–water partition coefficient (Wildman–Crippen LogP) is 2.42. The van der Waals surface area contributed by atoms with Crippen LogP contribution in [0.3, 0.4) is 0 Å². The summed E-state index contributed by atoms with van der Waals surface area (Å²) in [7, 11) is 1.65. The average Bonchev–Trinajstić information content (AvgIpc) is 3.42. The molecule has 1 amide bonds. The van der Waals surface area contributed by atoms with E-state index in [1.807, 2.05) is 18.3 Å². The maximum Gasteiger partial charge on any atom is 0.275 e. The van der Waals surface area contributed by atoms with Gasteiger partial charge in [0, 0.05) is 49.1 Å². The molecular formula is C21H27N7O2S. The summed E-state index contributed by atoms with van der Waals surface area (Å²) in [6, 6.07) is 5.68. The van der Waals surface area contributed by atoms with Crippen LogP contribution >= 0.6 is 11.3 Å². The first-order valence-corrected chi connectivity index (χ1v) is 11.1. The van der Waals surface area contributed by atoms with E-state index in [4.69, 9.17) is 16.2 Å². The molecule has 9 nitrogen and oxygen atoms in total. The molecule has 0 aliphatic carbocycles. The molecule has 1 unspecified atom stereocenters. The number of carbonyl (C=O) groups excluding carboxylic acids is 1. The second-order valence-corrected chi connectivity index (χ2v) is 8.46. The van der Waals surface area contributed by atoms with Gasteiger partial charge < -0.3 is 26.4 Å². The molecule has 0 saturated carbocycles. The number of hydrogen-bond donors (Lipinski definition) is 3. The molecule has 10 heteroatoms. The molecule has 31 heavy (non-hydrogen) atoms. The third kappa shape index (κ3) is 5.04. The minimum absolute atomic E-state index is 0.126. The van der Waals surface area contributed by atoms with E-state index in [1.165, 1.54) is 11.3 Å².